The number of benzene rings is 1. The summed E-state index contributed by atoms with van der Waals surface area (Å²) in [7, 11) is -3.39. The summed E-state index contributed by atoms with van der Waals surface area (Å²) in [6.07, 6.45) is 1.84. The topological polar surface area (TPSA) is 46.2 Å². The maximum atomic E-state index is 12.3. The molecule has 0 saturated heterocycles. The zero-order valence-electron chi connectivity index (χ0n) is 11.9. The van der Waals surface area contributed by atoms with E-state index in [1.165, 1.54) is 0 Å². The number of sulfonamides is 1. The average molecular weight is 269 g/mol. The van der Waals surface area contributed by atoms with Crippen molar-refractivity contribution in [3.63, 3.8) is 0 Å². The summed E-state index contributed by atoms with van der Waals surface area (Å²) in [6, 6.07) is 2.04. The molecular weight excluding hydrogens is 246 g/mol. The Hall–Kier alpha value is -0.870. The van der Waals surface area contributed by atoms with Gasteiger partial charge in [0.25, 0.3) is 0 Å². The van der Waals surface area contributed by atoms with Gasteiger partial charge in [-0.1, -0.05) is 19.4 Å². The minimum atomic E-state index is -3.39. The molecule has 0 aliphatic rings. The molecule has 1 N–H and O–H groups in total. The number of hydrogen-bond acceptors (Lipinski definition) is 2. The lowest BCUT2D eigenvalue weighted by Gasteiger charge is -2.16. The Kier molecular flexibility index (Phi) is 4.93. The summed E-state index contributed by atoms with van der Waals surface area (Å²) >= 11 is 0. The van der Waals surface area contributed by atoms with E-state index in [-0.39, 0.29) is 0 Å². The summed E-state index contributed by atoms with van der Waals surface area (Å²) in [4.78, 5) is 0.455. The third-order valence-electron chi connectivity index (χ3n) is 3.39. The second-order valence-corrected chi connectivity index (χ2v) is 6.54. The Labute approximate surface area is 111 Å². The van der Waals surface area contributed by atoms with Crippen LogP contribution in [-0.4, -0.2) is 15.0 Å². The third-order valence-corrected chi connectivity index (χ3v) is 5.12. The Morgan fingerprint density at radius 3 is 2.00 bits per heavy atom. The smallest absolute Gasteiger partial charge is 0.211 e. The summed E-state index contributed by atoms with van der Waals surface area (Å²) in [5, 5.41) is 0. The summed E-state index contributed by atoms with van der Waals surface area (Å²) in [5.74, 6) is 0. The van der Waals surface area contributed by atoms with Gasteiger partial charge in [0.15, 0.2) is 0 Å². The SMILES string of the molecule is CCCCNS(=O)(=O)c1c(C)c(C)cc(C)c1C. The molecule has 0 radical (unpaired) electrons. The van der Waals surface area contributed by atoms with Gasteiger partial charge in [0.05, 0.1) is 4.90 Å². The third kappa shape index (κ3) is 3.12. The molecule has 3 nitrogen and oxygen atoms in total. The predicted molar refractivity (Wildman–Crippen MR) is 75.5 cm³/mol. The number of nitrogens with one attached hydrogen (secondary N) is 1. The first-order valence-electron chi connectivity index (χ1n) is 6.38. The normalized spacial score (nSPS) is 11.8. The first kappa shape index (κ1) is 15.2. The quantitative estimate of drug-likeness (QED) is 0.835. The second kappa shape index (κ2) is 5.85. The van der Waals surface area contributed by atoms with Crippen LogP contribution in [0, 0.1) is 27.7 Å². The molecule has 18 heavy (non-hydrogen) atoms. The van der Waals surface area contributed by atoms with E-state index in [4.69, 9.17) is 0 Å². The average Bonchev–Trinajstić information content (AvgIpc) is 2.26. The zero-order valence-corrected chi connectivity index (χ0v) is 12.7. The molecule has 0 atom stereocenters. The molecule has 4 heteroatoms. The van der Waals surface area contributed by atoms with Crippen molar-refractivity contribution in [2.24, 2.45) is 0 Å². The highest BCUT2D eigenvalue weighted by atomic mass is 32.2. The molecule has 0 unspecified atom stereocenters. The van der Waals surface area contributed by atoms with Crippen molar-refractivity contribution in [1.29, 1.82) is 0 Å². The van der Waals surface area contributed by atoms with Crippen LogP contribution < -0.4 is 4.72 Å². The van der Waals surface area contributed by atoms with Crippen LogP contribution in [0.15, 0.2) is 11.0 Å². The number of aryl methyl sites for hydroxylation is 2. The van der Waals surface area contributed by atoms with Crippen molar-refractivity contribution in [2.75, 3.05) is 6.54 Å². The number of rotatable bonds is 5. The Bertz CT molecular complexity index is 507. The monoisotopic (exact) mass is 269 g/mol. The van der Waals surface area contributed by atoms with Gasteiger partial charge >= 0.3 is 0 Å². The van der Waals surface area contributed by atoms with E-state index < -0.39 is 10.0 Å². The van der Waals surface area contributed by atoms with Crippen molar-refractivity contribution in [2.45, 2.75) is 52.4 Å². The van der Waals surface area contributed by atoms with E-state index in [2.05, 4.69) is 4.72 Å². The molecule has 102 valence electrons. The maximum Gasteiger partial charge on any atom is 0.241 e. The minimum Gasteiger partial charge on any atom is -0.211 e. The summed E-state index contributed by atoms with van der Waals surface area (Å²) in [6.45, 7) is 10.2. The van der Waals surface area contributed by atoms with Crippen LogP contribution in [-0.2, 0) is 10.0 Å². The van der Waals surface area contributed by atoms with Crippen LogP contribution in [0.1, 0.15) is 42.0 Å². The molecule has 0 bridgehead atoms. The van der Waals surface area contributed by atoms with Crippen molar-refractivity contribution >= 4 is 10.0 Å². The maximum absolute atomic E-state index is 12.3. The molecule has 0 heterocycles. The Morgan fingerprint density at radius 1 is 1.06 bits per heavy atom. The van der Waals surface area contributed by atoms with Gasteiger partial charge in [0, 0.05) is 6.54 Å². The Morgan fingerprint density at radius 2 is 1.56 bits per heavy atom. The second-order valence-electron chi connectivity index (χ2n) is 4.84. The van der Waals surface area contributed by atoms with Crippen molar-refractivity contribution < 1.29 is 8.42 Å². The molecule has 0 aliphatic heterocycles. The lowest BCUT2D eigenvalue weighted by atomic mass is 10.0. The lowest BCUT2D eigenvalue weighted by molar-refractivity contribution is 0.577. The minimum absolute atomic E-state index is 0.455. The summed E-state index contributed by atoms with van der Waals surface area (Å²) < 4.78 is 27.4. The van der Waals surface area contributed by atoms with Crippen LogP contribution in [0.5, 0.6) is 0 Å². The number of hydrogen-bond donors (Lipinski definition) is 1. The fourth-order valence-electron chi connectivity index (χ4n) is 2.04. The van der Waals surface area contributed by atoms with Gasteiger partial charge in [-0.25, -0.2) is 13.1 Å². The van der Waals surface area contributed by atoms with E-state index in [0.717, 1.165) is 35.1 Å². The van der Waals surface area contributed by atoms with Crippen molar-refractivity contribution in [1.82, 2.24) is 4.72 Å². The fourth-order valence-corrected chi connectivity index (χ4v) is 3.72. The highest BCUT2D eigenvalue weighted by Gasteiger charge is 2.21. The molecular formula is C14H23NO2S. The largest absolute Gasteiger partial charge is 0.241 e. The van der Waals surface area contributed by atoms with Gasteiger partial charge < -0.3 is 0 Å². The van der Waals surface area contributed by atoms with Crippen LogP contribution >= 0.6 is 0 Å². The molecule has 1 aromatic carbocycles. The Balaban J connectivity index is 3.24. The van der Waals surface area contributed by atoms with Crippen LogP contribution in [0.4, 0.5) is 0 Å². The van der Waals surface area contributed by atoms with Crippen molar-refractivity contribution in [3.05, 3.63) is 28.3 Å². The first-order chi connectivity index (χ1) is 8.31. The highest BCUT2D eigenvalue weighted by Crippen LogP contribution is 2.25. The van der Waals surface area contributed by atoms with Crippen LogP contribution in [0.3, 0.4) is 0 Å². The summed E-state index contributed by atoms with van der Waals surface area (Å²) in [5.41, 5.74) is 3.74. The van der Waals surface area contributed by atoms with Gasteiger partial charge in [0.2, 0.25) is 10.0 Å². The van der Waals surface area contributed by atoms with E-state index in [1.807, 2.05) is 40.7 Å². The van der Waals surface area contributed by atoms with Gasteiger partial charge in [-0.2, -0.15) is 0 Å². The zero-order chi connectivity index (χ0) is 13.9. The standard InChI is InChI=1S/C14H23NO2S/c1-6-7-8-15-18(16,17)14-12(4)10(2)9-11(3)13(14)5/h9,15H,6-8H2,1-5H3. The molecule has 0 amide bonds. The molecule has 1 rings (SSSR count). The lowest BCUT2D eigenvalue weighted by Crippen LogP contribution is -2.26. The molecule has 0 spiro atoms. The molecule has 1 aromatic rings. The molecule has 0 fully saturated rings. The van der Waals surface area contributed by atoms with E-state index >= 15 is 0 Å². The van der Waals surface area contributed by atoms with E-state index in [0.29, 0.717) is 11.4 Å². The van der Waals surface area contributed by atoms with E-state index in [1.54, 1.807) is 0 Å². The predicted octanol–water partition coefficient (Wildman–Crippen LogP) is 3.00. The molecule has 0 aromatic heterocycles. The molecule has 0 saturated carbocycles. The molecule has 0 aliphatic carbocycles. The van der Waals surface area contributed by atoms with Crippen molar-refractivity contribution in [3.8, 4) is 0 Å². The van der Waals surface area contributed by atoms with Gasteiger partial charge in [-0.3, -0.25) is 0 Å². The number of unbranched alkanes of at least 4 members (excludes halogenated alkanes) is 1. The van der Waals surface area contributed by atoms with Gasteiger partial charge in [-0.15, -0.1) is 0 Å². The van der Waals surface area contributed by atoms with Crippen LogP contribution in [0.25, 0.3) is 0 Å². The van der Waals surface area contributed by atoms with Crippen LogP contribution in [0.2, 0.25) is 0 Å². The van der Waals surface area contributed by atoms with Gasteiger partial charge in [-0.05, 0) is 56.4 Å². The van der Waals surface area contributed by atoms with E-state index in [9.17, 15) is 8.42 Å². The first-order valence-corrected chi connectivity index (χ1v) is 7.86. The van der Waals surface area contributed by atoms with Gasteiger partial charge in [0.1, 0.15) is 0 Å². The highest BCUT2D eigenvalue weighted by molar-refractivity contribution is 7.89. The fraction of sp³-hybridized carbons (Fsp3) is 0.571.